The summed E-state index contributed by atoms with van der Waals surface area (Å²) in [7, 11) is 0. The molecular weight excluding hydrogens is 710 g/mol. The zero-order chi connectivity index (χ0) is 37.1. The highest BCUT2D eigenvalue weighted by atomic mass is 35.5. The highest BCUT2D eigenvalue weighted by Gasteiger charge is 2.48. The normalized spacial score (nSPS) is 25.7. The second-order valence-electron chi connectivity index (χ2n) is 15.4. The van der Waals surface area contributed by atoms with E-state index in [0.29, 0.717) is 30.0 Å². The summed E-state index contributed by atoms with van der Waals surface area (Å²) in [5, 5.41) is 13.1. The number of hydrogen-bond acceptors (Lipinski definition) is 9. The van der Waals surface area contributed by atoms with Crippen LogP contribution in [0.15, 0.2) is 41.8 Å². The van der Waals surface area contributed by atoms with Crippen molar-refractivity contribution in [2.75, 3.05) is 26.2 Å². The van der Waals surface area contributed by atoms with Crippen LogP contribution in [0.4, 0.5) is 5.69 Å². The Hall–Kier alpha value is -3.44. The molecule has 4 bridgehead atoms. The van der Waals surface area contributed by atoms with Gasteiger partial charge in [0.05, 0.1) is 21.7 Å². The highest BCUT2D eigenvalue weighted by molar-refractivity contribution is 7.21. The number of thiophene rings is 2. The Balaban J connectivity index is 0.000000187. The molecule has 0 aliphatic carbocycles. The molecule has 0 amide bonds. The molecule has 0 saturated carbocycles. The first-order chi connectivity index (χ1) is 24.3. The first kappa shape index (κ1) is 41.3. The predicted molar refractivity (Wildman–Crippen MR) is 214 cm³/mol. The molecule has 2 N–H and O–H groups in total. The maximum atomic E-state index is 13.0. The monoisotopic (exact) mass is 759 g/mol. The number of carbonyl (C=O) groups is 1. The standard InChI is InChI=1S/C21H24N2OS.C10H7NS.C9H18N2.CO2.ClH/c1-13-5-6-15-11-18(25-20(15)19(13)22-4)17(24)12-16-14-7-9-23(10-8-14)21(16,2)3;1-7-2-3-8-4-5-12-10(8)9(7)6-11;1-9(2)8(10)7-3-5-11(9)6-4-7;2-1-3;/h5-6,11,14,16H,7-10,12H2,1-3H3;2-5H,1H3;7-8H,3-6,10H2,1-2H3;;1H/t16-;;8-;;/m1.1../s1. The topological polar surface area (TPSA) is 112 Å². The summed E-state index contributed by atoms with van der Waals surface area (Å²) in [5.41, 5.74) is 10.1. The Bertz CT molecular complexity index is 2000. The quantitative estimate of drug-likeness (QED) is 0.164. The smallest absolute Gasteiger partial charge is 0.326 e. The van der Waals surface area contributed by atoms with Gasteiger partial charge in [-0.1, -0.05) is 24.3 Å². The Kier molecular flexibility index (Phi) is 13.6. The van der Waals surface area contributed by atoms with Crippen LogP contribution in [-0.4, -0.2) is 65.0 Å². The van der Waals surface area contributed by atoms with Crippen LogP contribution in [0.25, 0.3) is 25.0 Å². The lowest BCUT2D eigenvalue weighted by molar-refractivity contribution is -0.191. The Morgan fingerprint density at radius 3 is 1.98 bits per heavy atom. The number of benzene rings is 2. The largest absolute Gasteiger partial charge is 0.373 e. The fourth-order valence-electron chi connectivity index (χ4n) is 8.76. The first-order valence-corrected chi connectivity index (χ1v) is 19.5. The summed E-state index contributed by atoms with van der Waals surface area (Å²) < 4.78 is 2.07. The summed E-state index contributed by atoms with van der Waals surface area (Å²) in [6.45, 7) is 25.4. The van der Waals surface area contributed by atoms with Crippen LogP contribution < -0.4 is 5.73 Å². The molecule has 6 aliphatic rings. The second-order valence-corrected chi connectivity index (χ2v) is 17.3. The van der Waals surface area contributed by atoms with Crippen LogP contribution in [-0.2, 0) is 9.59 Å². The van der Waals surface area contributed by atoms with E-state index in [9.17, 15) is 4.79 Å². The Labute approximate surface area is 322 Å². The molecule has 2 aromatic carbocycles. The third-order valence-corrected chi connectivity index (χ3v) is 14.3. The van der Waals surface area contributed by atoms with Crippen molar-refractivity contribution in [1.29, 1.82) is 5.26 Å². The number of carbonyl (C=O) groups excluding carboxylic acids is 3. The molecule has 6 saturated heterocycles. The minimum atomic E-state index is 0. The summed E-state index contributed by atoms with van der Waals surface area (Å²) >= 11 is 3.13. The summed E-state index contributed by atoms with van der Waals surface area (Å²) in [6, 6.07) is 14.7. The van der Waals surface area contributed by atoms with Gasteiger partial charge in [0, 0.05) is 28.2 Å². The van der Waals surface area contributed by atoms with E-state index in [2.05, 4.69) is 54.5 Å². The number of hydrogen-bond donors (Lipinski definition) is 1. The van der Waals surface area contributed by atoms with Gasteiger partial charge in [0.25, 0.3) is 0 Å². The average molecular weight is 760 g/mol. The van der Waals surface area contributed by atoms with Crippen LogP contribution in [0.5, 0.6) is 0 Å². The summed E-state index contributed by atoms with van der Waals surface area (Å²) in [5.74, 6) is 2.17. The van der Waals surface area contributed by atoms with Gasteiger partial charge in [-0.15, -0.1) is 35.1 Å². The number of nitrogens with zero attached hydrogens (tertiary/aromatic N) is 4. The molecule has 8 heterocycles. The molecule has 2 atom stereocenters. The minimum absolute atomic E-state index is 0. The Morgan fingerprint density at radius 1 is 0.904 bits per heavy atom. The number of piperidine rings is 6. The van der Waals surface area contributed by atoms with Crippen LogP contribution in [0.3, 0.4) is 0 Å². The molecule has 11 heteroatoms. The van der Waals surface area contributed by atoms with E-state index in [-0.39, 0.29) is 35.4 Å². The number of aryl methyl sites for hydroxylation is 2. The van der Waals surface area contributed by atoms with E-state index in [1.54, 1.807) is 11.3 Å². The van der Waals surface area contributed by atoms with Crippen LogP contribution >= 0.6 is 35.1 Å². The molecule has 0 spiro atoms. The van der Waals surface area contributed by atoms with Gasteiger partial charge < -0.3 is 5.73 Å². The van der Waals surface area contributed by atoms with Crippen molar-refractivity contribution >= 4 is 72.9 Å². The number of nitrogens with two attached hydrogens (primary N) is 1. The molecule has 52 heavy (non-hydrogen) atoms. The maximum absolute atomic E-state index is 13.0. The zero-order valence-electron chi connectivity index (χ0n) is 31.0. The molecule has 10 rings (SSSR count). The lowest BCUT2D eigenvalue weighted by Gasteiger charge is -2.56. The van der Waals surface area contributed by atoms with Crippen molar-refractivity contribution in [3.63, 3.8) is 0 Å². The van der Waals surface area contributed by atoms with Gasteiger partial charge >= 0.3 is 6.15 Å². The van der Waals surface area contributed by atoms with Gasteiger partial charge in [-0.2, -0.15) is 14.9 Å². The van der Waals surface area contributed by atoms with E-state index in [1.807, 2.05) is 49.6 Å². The predicted octanol–water partition coefficient (Wildman–Crippen LogP) is 9.19. The molecule has 8 nitrogen and oxygen atoms in total. The first-order valence-electron chi connectivity index (χ1n) is 17.8. The number of ketones is 1. The van der Waals surface area contributed by atoms with Crippen molar-refractivity contribution in [3.05, 3.63) is 74.8 Å². The highest BCUT2D eigenvalue weighted by Crippen LogP contribution is 2.46. The van der Waals surface area contributed by atoms with Gasteiger partial charge in [0.15, 0.2) is 5.78 Å². The van der Waals surface area contributed by atoms with Gasteiger partial charge in [-0.3, -0.25) is 14.6 Å². The maximum Gasteiger partial charge on any atom is 0.373 e. The van der Waals surface area contributed by atoms with Crippen LogP contribution in [0.1, 0.15) is 86.2 Å². The van der Waals surface area contributed by atoms with Gasteiger partial charge in [-0.05, 0) is 151 Å². The third kappa shape index (κ3) is 8.20. The number of rotatable bonds is 3. The van der Waals surface area contributed by atoms with E-state index in [0.717, 1.165) is 42.3 Å². The van der Waals surface area contributed by atoms with E-state index in [1.165, 1.54) is 68.6 Å². The lowest BCUT2D eigenvalue weighted by atomic mass is 9.65. The molecule has 6 fully saturated rings. The van der Waals surface area contributed by atoms with Crippen molar-refractivity contribution in [2.24, 2.45) is 23.5 Å². The minimum Gasteiger partial charge on any atom is -0.326 e. The molecule has 0 unspecified atom stereocenters. The van der Waals surface area contributed by atoms with E-state index in [4.69, 9.17) is 27.2 Å². The average Bonchev–Trinajstić information content (AvgIpc) is 3.78. The molecule has 6 aliphatic heterocycles. The number of Topliss-reactive ketones (excluding diaryl/α,β-unsaturated/α-hetero) is 1. The molecular formula is C41H50ClN5O3S2. The number of halogens is 1. The molecule has 0 radical (unpaired) electrons. The van der Waals surface area contributed by atoms with Crippen molar-refractivity contribution < 1.29 is 14.4 Å². The van der Waals surface area contributed by atoms with Crippen molar-refractivity contribution in [2.45, 2.75) is 90.8 Å². The van der Waals surface area contributed by atoms with Crippen molar-refractivity contribution in [3.8, 4) is 6.07 Å². The Morgan fingerprint density at radius 2 is 1.46 bits per heavy atom. The second kappa shape index (κ2) is 17.1. The van der Waals surface area contributed by atoms with E-state index >= 15 is 0 Å². The SMILES string of the molecule is CC1(C)[C@H](N)C2CCN1CC2.Cc1ccc2ccsc2c1C#N.Cl.O=C=O.[C-]#[N+]c1c(C)ccc2cc(C(=O)C[C@@H]3C4CCN(CC4)C3(C)C)sc12. The van der Waals surface area contributed by atoms with Crippen molar-refractivity contribution in [1.82, 2.24) is 9.80 Å². The molecule has 2 aromatic heterocycles. The summed E-state index contributed by atoms with van der Waals surface area (Å²) in [6.07, 6.45) is 5.99. The van der Waals surface area contributed by atoms with Gasteiger partial charge in [0.2, 0.25) is 5.69 Å². The fourth-order valence-corrected chi connectivity index (χ4v) is 10.9. The number of nitriles is 1. The van der Waals surface area contributed by atoms with Crippen LogP contribution in [0.2, 0.25) is 0 Å². The molecule has 4 aromatic rings. The van der Waals surface area contributed by atoms with Gasteiger partial charge in [-0.25, -0.2) is 4.85 Å². The lowest BCUT2D eigenvalue weighted by Crippen LogP contribution is -2.67. The number of fused-ring (bicyclic) bond motifs is 8. The third-order valence-electron chi connectivity index (χ3n) is 12.1. The van der Waals surface area contributed by atoms with Gasteiger partial charge in [0.1, 0.15) is 6.07 Å². The van der Waals surface area contributed by atoms with E-state index < -0.39 is 0 Å². The zero-order valence-corrected chi connectivity index (χ0v) is 33.5. The fraction of sp³-hybridized carbons (Fsp3) is 0.512. The van der Waals surface area contributed by atoms with Crippen LogP contribution in [0, 0.1) is 49.5 Å². The molecule has 276 valence electrons. The summed E-state index contributed by atoms with van der Waals surface area (Å²) in [4.78, 5) is 38.9.